The van der Waals surface area contributed by atoms with Crippen LogP contribution < -0.4 is 15.0 Å². The number of hydrogen-bond donors (Lipinski definition) is 1. The second-order valence-corrected chi connectivity index (χ2v) is 8.56. The van der Waals surface area contributed by atoms with E-state index in [4.69, 9.17) is 0 Å². The van der Waals surface area contributed by atoms with Crippen LogP contribution in [0.4, 0.5) is 24.8 Å². The van der Waals surface area contributed by atoms with E-state index in [9.17, 15) is 18.0 Å². The Morgan fingerprint density at radius 2 is 1.86 bits per heavy atom. The van der Waals surface area contributed by atoms with Crippen molar-refractivity contribution in [1.82, 2.24) is 14.9 Å². The number of benzene rings is 2. The monoisotopic (exact) mass is 485 g/mol. The average molecular weight is 486 g/mol. The van der Waals surface area contributed by atoms with Crippen LogP contribution in [0.1, 0.15) is 18.4 Å². The summed E-state index contributed by atoms with van der Waals surface area (Å²) in [5, 5.41) is 3.57. The molecule has 0 radical (unpaired) electrons. The Hall–Kier alpha value is -3.66. The normalized spacial score (nSPS) is 15.2. The standard InChI is InChI=1S/C25H26F3N5O2/c1-32(2)20-11-13-33(14-12-20)24-29-16-18-15-19(6-9-22(18)31-24)30-23(34)10-5-17-3-7-21(8-4-17)35-25(26,27)28/h3-10,15-16,20H,11-14H2,1-2H3,(H,30,34). The number of ether oxygens (including phenoxy) is 1. The Morgan fingerprint density at radius 3 is 2.51 bits per heavy atom. The first kappa shape index (κ1) is 24.5. The lowest BCUT2D eigenvalue weighted by Crippen LogP contribution is -2.42. The fourth-order valence-corrected chi connectivity index (χ4v) is 3.97. The van der Waals surface area contributed by atoms with Crippen LogP contribution in [0.25, 0.3) is 17.0 Å². The number of hydrogen-bond acceptors (Lipinski definition) is 6. The number of halogens is 3. The Morgan fingerprint density at radius 1 is 1.14 bits per heavy atom. The Balaban J connectivity index is 1.36. The van der Waals surface area contributed by atoms with E-state index in [0.29, 0.717) is 23.2 Å². The van der Waals surface area contributed by atoms with Gasteiger partial charge < -0.3 is 19.9 Å². The van der Waals surface area contributed by atoms with E-state index in [2.05, 4.69) is 43.9 Å². The second kappa shape index (κ2) is 10.3. The third-order valence-electron chi connectivity index (χ3n) is 5.85. The van der Waals surface area contributed by atoms with Crippen molar-refractivity contribution in [3.63, 3.8) is 0 Å². The summed E-state index contributed by atoms with van der Waals surface area (Å²) in [5.41, 5.74) is 1.94. The molecule has 1 fully saturated rings. The topological polar surface area (TPSA) is 70.6 Å². The fourth-order valence-electron chi connectivity index (χ4n) is 3.97. The highest BCUT2D eigenvalue weighted by Gasteiger charge is 2.30. The summed E-state index contributed by atoms with van der Waals surface area (Å²) in [6.07, 6.45) is 1.96. The number of carbonyl (C=O) groups is 1. The Kier molecular flexibility index (Phi) is 7.20. The van der Waals surface area contributed by atoms with Crippen LogP contribution in [0, 0.1) is 0 Å². The number of fused-ring (bicyclic) bond motifs is 1. The first-order valence-electron chi connectivity index (χ1n) is 11.2. The summed E-state index contributed by atoms with van der Waals surface area (Å²) < 4.78 is 40.6. The molecule has 3 aromatic rings. The molecule has 0 saturated carbocycles. The molecule has 0 spiro atoms. The maximum atomic E-state index is 12.3. The molecular formula is C25H26F3N5O2. The van der Waals surface area contributed by atoms with Crippen LogP contribution in [-0.4, -0.2) is 60.4 Å². The number of piperidine rings is 1. The van der Waals surface area contributed by atoms with Crippen LogP contribution >= 0.6 is 0 Å². The molecule has 10 heteroatoms. The number of nitrogens with one attached hydrogen (secondary N) is 1. The lowest BCUT2D eigenvalue weighted by Gasteiger charge is -2.35. The van der Waals surface area contributed by atoms with Crippen molar-refractivity contribution >= 4 is 34.5 Å². The van der Waals surface area contributed by atoms with Crippen molar-refractivity contribution in [3.8, 4) is 5.75 Å². The van der Waals surface area contributed by atoms with Gasteiger partial charge in [-0.2, -0.15) is 0 Å². The van der Waals surface area contributed by atoms with E-state index in [1.54, 1.807) is 18.3 Å². The van der Waals surface area contributed by atoms with E-state index in [0.717, 1.165) is 36.8 Å². The fraction of sp³-hybridized carbons (Fsp3) is 0.320. The third-order valence-corrected chi connectivity index (χ3v) is 5.85. The number of rotatable bonds is 6. The SMILES string of the molecule is CN(C)C1CCN(c2ncc3cc(NC(=O)C=Cc4ccc(OC(F)(F)F)cc4)ccc3n2)CC1. The van der Waals surface area contributed by atoms with Crippen molar-refractivity contribution in [2.45, 2.75) is 25.2 Å². The molecule has 4 rings (SSSR count). The smallest absolute Gasteiger partial charge is 0.406 e. The van der Waals surface area contributed by atoms with Crippen LogP contribution in [0.2, 0.25) is 0 Å². The molecule has 7 nitrogen and oxygen atoms in total. The van der Waals surface area contributed by atoms with Crippen molar-refractivity contribution in [1.29, 1.82) is 0 Å². The molecule has 2 aromatic carbocycles. The zero-order chi connectivity index (χ0) is 25.0. The zero-order valence-electron chi connectivity index (χ0n) is 19.4. The van der Waals surface area contributed by atoms with Gasteiger partial charge in [-0.25, -0.2) is 9.97 Å². The maximum Gasteiger partial charge on any atom is 0.573 e. The van der Waals surface area contributed by atoms with Crippen molar-refractivity contribution in [3.05, 3.63) is 60.3 Å². The highest BCUT2D eigenvalue weighted by atomic mass is 19.4. The van der Waals surface area contributed by atoms with E-state index in [1.165, 1.54) is 36.4 Å². The third kappa shape index (κ3) is 6.69. The summed E-state index contributed by atoms with van der Waals surface area (Å²) in [6, 6.07) is 11.2. The first-order chi connectivity index (χ1) is 16.7. The minimum atomic E-state index is -4.74. The second-order valence-electron chi connectivity index (χ2n) is 8.56. The van der Waals surface area contributed by atoms with Crippen molar-refractivity contribution in [2.75, 3.05) is 37.4 Å². The molecule has 0 bridgehead atoms. The van der Waals surface area contributed by atoms with E-state index in [-0.39, 0.29) is 11.7 Å². The molecule has 1 aromatic heterocycles. The Bertz CT molecular complexity index is 1200. The number of alkyl halides is 3. The molecule has 1 aliphatic rings. The van der Waals surface area contributed by atoms with Gasteiger partial charge in [0.1, 0.15) is 5.75 Å². The van der Waals surface area contributed by atoms with Crippen LogP contribution in [0.15, 0.2) is 54.7 Å². The number of anilines is 2. The van der Waals surface area contributed by atoms with Crippen molar-refractivity contribution in [2.24, 2.45) is 0 Å². The number of aromatic nitrogens is 2. The molecule has 0 aliphatic carbocycles. The summed E-state index contributed by atoms with van der Waals surface area (Å²) in [7, 11) is 4.21. The molecule has 1 amide bonds. The number of amides is 1. The molecule has 0 atom stereocenters. The van der Waals surface area contributed by atoms with Gasteiger partial charge in [-0.1, -0.05) is 12.1 Å². The van der Waals surface area contributed by atoms with Gasteiger partial charge in [0.25, 0.3) is 0 Å². The predicted molar refractivity (Wildman–Crippen MR) is 129 cm³/mol. The molecular weight excluding hydrogens is 459 g/mol. The first-order valence-corrected chi connectivity index (χ1v) is 11.2. The van der Waals surface area contributed by atoms with Gasteiger partial charge in [-0.05, 0) is 68.9 Å². The molecule has 2 heterocycles. The summed E-state index contributed by atoms with van der Waals surface area (Å²) in [6.45, 7) is 1.82. The highest BCUT2D eigenvalue weighted by molar-refractivity contribution is 6.02. The van der Waals surface area contributed by atoms with Gasteiger partial charge in [-0.15, -0.1) is 13.2 Å². The molecule has 0 unspecified atom stereocenters. The minimum Gasteiger partial charge on any atom is -0.406 e. The van der Waals surface area contributed by atoms with Gasteiger partial charge in [0, 0.05) is 42.5 Å². The van der Waals surface area contributed by atoms with Gasteiger partial charge >= 0.3 is 6.36 Å². The van der Waals surface area contributed by atoms with E-state index >= 15 is 0 Å². The minimum absolute atomic E-state index is 0.321. The van der Waals surface area contributed by atoms with Gasteiger partial charge in [0.2, 0.25) is 11.9 Å². The lowest BCUT2D eigenvalue weighted by atomic mass is 10.0. The Labute approximate surface area is 201 Å². The molecule has 1 aliphatic heterocycles. The summed E-state index contributed by atoms with van der Waals surface area (Å²) in [4.78, 5) is 26.0. The predicted octanol–water partition coefficient (Wildman–Crippen LogP) is 4.71. The number of nitrogens with zero attached hydrogens (tertiary/aromatic N) is 4. The molecule has 184 valence electrons. The van der Waals surface area contributed by atoms with E-state index < -0.39 is 6.36 Å². The highest BCUT2D eigenvalue weighted by Crippen LogP contribution is 2.24. The van der Waals surface area contributed by atoms with Gasteiger partial charge in [0.15, 0.2) is 0 Å². The average Bonchev–Trinajstić information content (AvgIpc) is 2.82. The quantitative estimate of drug-likeness (QED) is 0.510. The maximum absolute atomic E-state index is 12.3. The van der Waals surface area contributed by atoms with Crippen LogP contribution in [-0.2, 0) is 4.79 Å². The van der Waals surface area contributed by atoms with Crippen molar-refractivity contribution < 1.29 is 22.7 Å². The molecule has 1 N–H and O–H groups in total. The molecule has 1 saturated heterocycles. The van der Waals surface area contributed by atoms with Gasteiger partial charge in [0.05, 0.1) is 5.52 Å². The number of carbonyl (C=O) groups excluding carboxylic acids is 1. The van der Waals surface area contributed by atoms with Crippen LogP contribution in [0.3, 0.4) is 0 Å². The summed E-state index contributed by atoms with van der Waals surface area (Å²) in [5.74, 6) is 0.0148. The largest absolute Gasteiger partial charge is 0.573 e. The summed E-state index contributed by atoms with van der Waals surface area (Å²) >= 11 is 0. The van der Waals surface area contributed by atoms with Crippen LogP contribution in [0.5, 0.6) is 5.75 Å². The van der Waals surface area contributed by atoms with Gasteiger partial charge in [-0.3, -0.25) is 4.79 Å². The lowest BCUT2D eigenvalue weighted by molar-refractivity contribution is -0.274. The van der Waals surface area contributed by atoms with E-state index in [1.807, 2.05) is 6.07 Å². The zero-order valence-corrected chi connectivity index (χ0v) is 19.4. The molecule has 35 heavy (non-hydrogen) atoms.